The third-order valence-corrected chi connectivity index (χ3v) is 5.13. The number of nitrogens with one attached hydrogen (secondary N) is 1. The van der Waals surface area contributed by atoms with Gasteiger partial charge in [-0.3, -0.25) is 14.8 Å². The summed E-state index contributed by atoms with van der Waals surface area (Å²) in [6.45, 7) is 7.80. The first kappa shape index (κ1) is 23.1. The summed E-state index contributed by atoms with van der Waals surface area (Å²) in [5.74, 6) is 0.0552. The van der Waals surface area contributed by atoms with Crippen LogP contribution in [0.2, 0.25) is 0 Å². The van der Waals surface area contributed by atoms with Gasteiger partial charge in [-0.05, 0) is 45.0 Å². The standard InChI is InChI=1S/C24H27N7O3/c1-24(2,3)34-23(33)31-13-11-30(12-14-31)20-7-9-26-16-19(20)29-22(32)18-6-10-27-21(28-18)17-5-4-8-25-15-17/h4-10,15-16H,11-14H2,1-3H3,(H,29,32). The van der Waals surface area contributed by atoms with Gasteiger partial charge in [0.15, 0.2) is 5.82 Å². The number of piperazine rings is 1. The highest BCUT2D eigenvalue weighted by atomic mass is 16.6. The highest BCUT2D eigenvalue weighted by molar-refractivity contribution is 6.04. The molecule has 10 heteroatoms. The average Bonchev–Trinajstić information content (AvgIpc) is 2.84. The summed E-state index contributed by atoms with van der Waals surface area (Å²) in [7, 11) is 0. The number of hydrogen-bond acceptors (Lipinski definition) is 8. The first-order valence-electron chi connectivity index (χ1n) is 11.0. The van der Waals surface area contributed by atoms with Crippen LogP contribution in [0.4, 0.5) is 16.2 Å². The smallest absolute Gasteiger partial charge is 0.410 e. The molecule has 3 aromatic heterocycles. The third kappa shape index (κ3) is 5.64. The summed E-state index contributed by atoms with van der Waals surface area (Å²) < 4.78 is 5.47. The van der Waals surface area contributed by atoms with Gasteiger partial charge in [0.2, 0.25) is 0 Å². The largest absolute Gasteiger partial charge is 0.444 e. The fourth-order valence-corrected chi connectivity index (χ4v) is 3.52. The second kappa shape index (κ2) is 9.82. The molecule has 0 aliphatic carbocycles. The number of pyridine rings is 2. The van der Waals surface area contributed by atoms with Crippen LogP contribution in [0.15, 0.2) is 55.2 Å². The molecule has 4 heterocycles. The van der Waals surface area contributed by atoms with Gasteiger partial charge >= 0.3 is 6.09 Å². The van der Waals surface area contributed by atoms with Crippen molar-refractivity contribution in [3.05, 3.63) is 60.9 Å². The predicted octanol–water partition coefficient (Wildman–Crippen LogP) is 3.24. The Balaban J connectivity index is 1.45. The van der Waals surface area contributed by atoms with Gasteiger partial charge in [0.25, 0.3) is 5.91 Å². The molecule has 1 aliphatic heterocycles. The van der Waals surface area contributed by atoms with E-state index >= 15 is 0 Å². The molecule has 1 aliphatic rings. The zero-order valence-corrected chi connectivity index (χ0v) is 19.4. The predicted molar refractivity (Wildman–Crippen MR) is 127 cm³/mol. The van der Waals surface area contributed by atoms with Gasteiger partial charge in [-0.15, -0.1) is 0 Å². The number of anilines is 2. The minimum absolute atomic E-state index is 0.235. The van der Waals surface area contributed by atoms with Crippen molar-refractivity contribution in [2.45, 2.75) is 26.4 Å². The van der Waals surface area contributed by atoms with Crippen LogP contribution in [0.5, 0.6) is 0 Å². The van der Waals surface area contributed by atoms with Crippen LogP contribution in [-0.2, 0) is 4.74 Å². The van der Waals surface area contributed by atoms with Gasteiger partial charge in [-0.2, -0.15) is 0 Å². The Morgan fingerprint density at radius 1 is 0.971 bits per heavy atom. The highest BCUT2D eigenvalue weighted by Crippen LogP contribution is 2.26. The van der Waals surface area contributed by atoms with E-state index in [1.54, 1.807) is 48.0 Å². The monoisotopic (exact) mass is 461 g/mol. The SMILES string of the molecule is CC(C)(C)OC(=O)N1CCN(c2ccncc2NC(=O)c2ccnc(-c3cccnc3)n2)CC1. The molecule has 1 saturated heterocycles. The summed E-state index contributed by atoms with van der Waals surface area (Å²) in [5.41, 5.74) is 1.82. The van der Waals surface area contributed by atoms with E-state index in [0.29, 0.717) is 37.7 Å². The molecule has 0 bridgehead atoms. The fourth-order valence-electron chi connectivity index (χ4n) is 3.52. The number of rotatable bonds is 4. The Bertz CT molecular complexity index is 1160. The van der Waals surface area contributed by atoms with Crippen LogP contribution in [0.25, 0.3) is 11.4 Å². The molecule has 34 heavy (non-hydrogen) atoms. The number of ether oxygens (including phenoxy) is 1. The Labute approximate surface area is 198 Å². The molecule has 176 valence electrons. The molecule has 0 unspecified atom stereocenters. The fraction of sp³-hybridized carbons (Fsp3) is 0.333. The molecule has 1 N–H and O–H groups in total. The maximum atomic E-state index is 13.0. The summed E-state index contributed by atoms with van der Waals surface area (Å²) in [6.07, 6.45) is 7.82. The van der Waals surface area contributed by atoms with Crippen LogP contribution < -0.4 is 10.2 Å². The molecular formula is C24H27N7O3. The first-order chi connectivity index (χ1) is 16.3. The number of carbonyl (C=O) groups excluding carboxylic acids is 2. The van der Waals surface area contributed by atoms with E-state index in [1.165, 1.54) is 0 Å². The summed E-state index contributed by atoms with van der Waals surface area (Å²) in [5, 5.41) is 2.91. The molecule has 2 amide bonds. The maximum Gasteiger partial charge on any atom is 0.410 e. The van der Waals surface area contributed by atoms with Crippen molar-refractivity contribution in [3.63, 3.8) is 0 Å². The highest BCUT2D eigenvalue weighted by Gasteiger charge is 2.27. The molecule has 0 radical (unpaired) electrons. The van der Waals surface area contributed by atoms with Crippen molar-refractivity contribution in [2.24, 2.45) is 0 Å². The number of nitrogens with zero attached hydrogens (tertiary/aromatic N) is 6. The Morgan fingerprint density at radius 2 is 1.74 bits per heavy atom. The average molecular weight is 462 g/mol. The number of aromatic nitrogens is 4. The lowest BCUT2D eigenvalue weighted by molar-refractivity contribution is 0.0240. The van der Waals surface area contributed by atoms with Crippen molar-refractivity contribution in [1.29, 1.82) is 0 Å². The van der Waals surface area contributed by atoms with Crippen LogP contribution in [0, 0.1) is 0 Å². The topological polar surface area (TPSA) is 113 Å². The van der Waals surface area contributed by atoms with E-state index < -0.39 is 5.60 Å². The van der Waals surface area contributed by atoms with E-state index in [-0.39, 0.29) is 17.7 Å². The molecule has 4 rings (SSSR count). The quantitative estimate of drug-likeness (QED) is 0.630. The minimum Gasteiger partial charge on any atom is -0.444 e. The molecule has 10 nitrogen and oxygen atoms in total. The van der Waals surface area contributed by atoms with Gasteiger partial charge < -0.3 is 19.9 Å². The van der Waals surface area contributed by atoms with E-state index in [0.717, 1.165) is 11.3 Å². The van der Waals surface area contributed by atoms with Crippen molar-refractivity contribution in [3.8, 4) is 11.4 Å². The van der Waals surface area contributed by atoms with Crippen LogP contribution in [0.1, 0.15) is 31.3 Å². The lowest BCUT2D eigenvalue weighted by atomic mass is 10.2. The van der Waals surface area contributed by atoms with Crippen LogP contribution in [-0.4, -0.2) is 68.6 Å². The minimum atomic E-state index is -0.533. The van der Waals surface area contributed by atoms with Crippen molar-refractivity contribution in [2.75, 3.05) is 36.4 Å². The Hall–Kier alpha value is -4.08. The molecular weight excluding hydrogens is 434 g/mol. The van der Waals surface area contributed by atoms with Gasteiger partial charge in [0.1, 0.15) is 11.3 Å². The van der Waals surface area contributed by atoms with Gasteiger partial charge in [-0.25, -0.2) is 14.8 Å². The summed E-state index contributed by atoms with van der Waals surface area (Å²) >= 11 is 0. The van der Waals surface area contributed by atoms with Crippen molar-refractivity contribution < 1.29 is 14.3 Å². The zero-order valence-electron chi connectivity index (χ0n) is 19.4. The number of hydrogen-bond donors (Lipinski definition) is 1. The van der Waals surface area contributed by atoms with Crippen molar-refractivity contribution >= 4 is 23.4 Å². The van der Waals surface area contributed by atoms with E-state index in [9.17, 15) is 9.59 Å². The molecule has 0 aromatic carbocycles. The van der Waals surface area contributed by atoms with E-state index in [2.05, 4.69) is 30.2 Å². The number of amides is 2. The summed E-state index contributed by atoms with van der Waals surface area (Å²) in [4.78, 5) is 46.0. The lowest BCUT2D eigenvalue weighted by Crippen LogP contribution is -2.50. The van der Waals surface area contributed by atoms with Crippen molar-refractivity contribution in [1.82, 2.24) is 24.8 Å². The third-order valence-electron chi connectivity index (χ3n) is 5.13. The van der Waals surface area contributed by atoms with Crippen LogP contribution >= 0.6 is 0 Å². The first-order valence-corrected chi connectivity index (χ1v) is 11.0. The molecule has 0 saturated carbocycles. The molecule has 1 fully saturated rings. The second-order valence-electron chi connectivity index (χ2n) is 8.81. The molecule has 0 spiro atoms. The molecule has 3 aromatic rings. The molecule has 0 atom stereocenters. The second-order valence-corrected chi connectivity index (χ2v) is 8.81. The van der Waals surface area contributed by atoms with Gasteiger partial charge in [0.05, 0.1) is 17.6 Å². The number of carbonyl (C=O) groups is 2. The Morgan fingerprint density at radius 3 is 2.44 bits per heavy atom. The van der Waals surface area contributed by atoms with Crippen LogP contribution in [0.3, 0.4) is 0 Å². The Kier molecular flexibility index (Phi) is 6.67. The summed E-state index contributed by atoms with van der Waals surface area (Å²) in [6, 6.07) is 7.03. The maximum absolute atomic E-state index is 13.0. The van der Waals surface area contributed by atoms with E-state index in [1.807, 2.05) is 32.9 Å². The lowest BCUT2D eigenvalue weighted by Gasteiger charge is -2.37. The zero-order chi connectivity index (χ0) is 24.1. The van der Waals surface area contributed by atoms with Gasteiger partial charge in [-0.1, -0.05) is 0 Å². The van der Waals surface area contributed by atoms with E-state index in [4.69, 9.17) is 4.74 Å². The normalized spacial score (nSPS) is 14.0. The van der Waals surface area contributed by atoms with Gasteiger partial charge in [0, 0.05) is 56.5 Å².